The molecule has 0 saturated carbocycles. The van der Waals surface area contributed by atoms with E-state index >= 15 is 0 Å². The van der Waals surface area contributed by atoms with Crippen LogP contribution in [0.15, 0.2) is 60.7 Å². The molecule has 1 N–H and O–H groups in total. The second kappa shape index (κ2) is 11.3. The maximum atomic E-state index is 13.5. The Morgan fingerprint density at radius 3 is 2.40 bits per heavy atom. The van der Waals surface area contributed by atoms with Crippen molar-refractivity contribution in [3.63, 3.8) is 0 Å². The van der Waals surface area contributed by atoms with Crippen molar-refractivity contribution >= 4 is 35.0 Å². The summed E-state index contributed by atoms with van der Waals surface area (Å²) < 4.78 is 86.0. The first-order valence-electron chi connectivity index (χ1n) is 12.6. The van der Waals surface area contributed by atoms with Gasteiger partial charge in [0.1, 0.15) is 17.5 Å². The number of carbonyl (C=O) groups is 3. The minimum absolute atomic E-state index is 0.0277. The molecule has 2 aliphatic heterocycles. The van der Waals surface area contributed by atoms with Crippen molar-refractivity contribution in [3.8, 4) is 22.6 Å². The Morgan fingerprint density at radius 1 is 0.953 bits per heavy atom. The first-order valence-corrected chi connectivity index (χ1v) is 13.0. The SMILES string of the molecule is O=C1Nc2ccc(-c3cccc(C(F)(F)F)c3)cc2C(=O)N2CCN(C(=O)COc3ccc(OC(F)(F)F)cc3Cl)CC12. The van der Waals surface area contributed by atoms with Gasteiger partial charge in [-0.1, -0.05) is 29.8 Å². The van der Waals surface area contributed by atoms with Crippen molar-refractivity contribution in [2.75, 3.05) is 31.6 Å². The summed E-state index contributed by atoms with van der Waals surface area (Å²) in [6, 6.07) is 10.9. The van der Waals surface area contributed by atoms with E-state index in [4.69, 9.17) is 16.3 Å². The van der Waals surface area contributed by atoms with Gasteiger partial charge in [-0.15, -0.1) is 13.2 Å². The molecular formula is C28H20ClF6N3O5. The van der Waals surface area contributed by atoms with Crippen molar-refractivity contribution < 1.29 is 50.2 Å². The van der Waals surface area contributed by atoms with Crippen molar-refractivity contribution in [2.45, 2.75) is 18.6 Å². The van der Waals surface area contributed by atoms with Crippen molar-refractivity contribution in [2.24, 2.45) is 0 Å². The molecule has 0 bridgehead atoms. The van der Waals surface area contributed by atoms with E-state index in [0.717, 1.165) is 30.3 Å². The highest BCUT2D eigenvalue weighted by Gasteiger charge is 2.41. The van der Waals surface area contributed by atoms with Gasteiger partial charge in [0.25, 0.3) is 11.8 Å². The Labute approximate surface area is 244 Å². The van der Waals surface area contributed by atoms with E-state index < -0.39 is 54.2 Å². The van der Waals surface area contributed by atoms with E-state index in [1.807, 2.05) is 0 Å². The Hall–Kier alpha value is -4.46. The predicted octanol–water partition coefficient (Wildman–Crippen LogP) is 5.61. The second-order valence-electron chi connectivity index (χ2n) is 9.61. The highest BCUT2D eigenvalue weighted by atomic mass is 35.5. The smallest absolute Gasteiger partial charge is 0.482 e. The maximum Gasteiger partial charge on any atom is 0.573 e. The normalized spacial score (nSPS) is 17.0. The van der Waals surface area contributed by atoms with Gasteiger partial charge in [-0.2, -0.15) is 13.2 Å². The van der Waals surface area contributed by atoms with E-state index in [1.54, 1.807) is 0 Å². The molecule has 0 radical (unpaired) electrons. The van der Waals surface area contributed by atoms with Crippen LogP contribution in [0.5, 0.6) is 11.5 Å². The number of hydrogen-bond donors (Lipinski definition) is 1. The molecule has 1 saturated heterocycles. The fraction of sp³-hybridized carbons (Fsp3) is 0.250. The lowest BCUT2D eigenvalue weighted by molar-refractivity contribution is -0.274. The average Bonchev–Trinajstić information content (AvgIpc) is 3.04. The van der Waals surface area contributed by atoms with Crippen LogP contribution in [0, 0.1) is 0 Å². The summed E-state index contributed by atoms with van der Waals surface area (Å²) in [6.07, 6.45) is -9.47. The lowest BCUT2D eigenvalue weighted by Crippen LogP contribution is -2.60. The Kier molecular flexibility index (Phi) is 7.90. The first kappa shape index (κ1) is 30.0. The summed E-state index contributed by atoms with van der Waals surface area (Å²) in [5.41, 5.74) is -0.0151. The van der Waals surface area contributed by atoms with Crippen LogP contribution >= 0.6 is 11.6 Å². The van der Waals surface area contributed by atoms with Gasteiger partial charge in [0.2, 0.25) is 5.91 Å². The van der Waals surface area contributed by atoms with Crippen LogP contribution in [0.3, 0.4) is 0 Å². The summed E-state index contributed by atoms with van der Waals surface area (Å²) >= 11 is 5.95. The molecule has 1 unspecified atom stereocenters. The molecule has 43 heavy (non-hydrogen) atoms. The molecule has 0 spiro atoms. The molecular weight excluding hydrogens is 608 g/mol. The molecule has 15 heteroatoms. The number of nitrogens with zero attached hydrogens (tertiary/aromatic N) is 2. The minimum Gasteiger partial charge on any atom is -0.482 e. The number of nitrogens with one attached hydrogen (secondary N) is 1. The Bertz CT molecular complexity index is 1600. The number of ether oxygens (including phenoxy) is 2. The Morgan fingerprint density at radius 2 is 1.70 bits per heavy atom. The summed E-state index contributed by atoms with van der Waals surface area (Å²) in [7, 11) is 0. The van der Waals surface area contributed by atoms with Crippen LogP contribution < -0.4 is 14.8 Å². The van der Waals surface area contributed by atoms with Crippen molar-refractivity contribution in [3.05, 3.63) is 76.8 Å². The number of benzene rings is 3. The van der Waals surface area contributed by atoms with Crippen molar-refractivity contribution in [1.82, 2.24) is 9.80 Å². The summed E-state index contributed by atoms with van der Waals surface area (Å²) in [5.74, 6) is -2.32. The van der Waals surface area contributed by atoms with E-state index in [-0.39, 0.29) is 47.2 Å². The molecule has 3 aromatic rings. The predicted molar refractivity (Wildman–Crippen MR) is 141 cm³/mol. The summed E-state index contributed by atoms with van der Waals surface area (Å²) in [5, 5.41) is 2.43. The summed E-state index contributed by atoms with van der Waals surface area (Å²) in [4.78, 5) is 42.0. The second-order valence-corrected chi connectivity index (χ2v) is 10.0. The zero-order valence-electron chi connectivity index (χ0n) is 21.8. The molecule has 1 atom stereocenters. The average molecular weight is 628 g/mol. The largest absolute Gasteiger partial charge is 0.573 e. The molecule has 0 aromatic heterocycles. The van der Waals surface area contributed by atoms with Gasteiger partial charge >= 0.3 is 12.5 Å². The fourth-order valence-electron chi connectivity index (χ4n) is 4.76. The fourth-order valence-corrected chi connectivity index (χ4v) is 4.98. The van der Waals surface area contributed by atoms with Gasteiger partial charge in [0.15, 0.2) is 6.61 Å². The molecule has 3 aromatic carbocycles. The lowest BCUT2D eigenvalue weighted by Gasteiger charge is -2.39. The quantitative estimate of drug-likeness (QED) is 0.372. The number of anilines is 1. The molecule has 5 rings (SSSR count). The van der Waals surface area contributed by atoms with Crippen LogP contribution in [0.4, 0.5) is 32.0 Å². The number of carbonyl (C=O) groups excluding carboxylic acids is 3. The molecule has 8 nitrogen and oxygen atoms in total. The third kappa shape index (κ3) is 6.63. The van der Waals surface area contributed by atoms with Gasteiger partial charge in [-0.05, 0) is 47.5 Å². The zero-order valence-corrected chi connectivity index (χ0v) is 22.5. The zero-order chi connectivity index (χ0) is 31.1. The Balaban J connectivity index is 1.27. The van der Waals surface area contributed by atoms with Crippen LogP contribution in [-0.4, -0.2) is 66.2 Å². The van der Waals surface area contributed by atoms with Gasteiger partial charge in [-0.3, -0.25) is 14.4 Å². The molecule has 2 heterocycles. The van der Waals surface area contributed by atoms with Gasteiger partial charge in [0.05, 0.1) is 28.4 Å². The molecule has 226 valence electrons. The van der Waals surface area contributed by atoms with Crippen LogP contribution in [0.1, 0.15) is 15.9 Å². The number of piperazine rings is 1. The van der Waals surface area contributed by atoms with Crippen LogP contribution in [-0.2, 0) is 15.8 Å². The van der Waals surface area contributed by atoms with E-state index in [2.05, 4.69) is 10.1 Å². The third-order valence-corrected chi connectivity index (χ3v) is 7.11. The minimum atomic E-state index is -4.91. The third-order valence-electron chi connectivity index (χ3n) is 6.82. The molecule has 1 fully saturated rings. The van der Waals surface area contributed by atoms with E-state index in [9.17, 15) is 40.7 Å². The van der Waals surface area contributed by atoms with Crippen LogP contribution in [0.25, 0.3) is 11.1 Å². The highest BCUT2D eigenvalue weighted by Crippen LogP contribution is 2.35. The van der Waals surface area contributed by atoms with Crippen LogP contribution in [0.2, 0.25) is 5.02 Å². The number of hydrogen-bond acceptors (Lipinski definition) is 5. The summed E-state index contributed by atoms with van der Waals surface area (Å²) in [6.45, 7) is -0.727. The van der Waals surface area contributed by atoms with E-state index in [0.29, 0.717) is 5.56 Å². The topological polar surface area (TPSA) is 88.2 Å². The molecule has 3 amide bonds. The number of alkyl halides is 6. The standard InChI is InChI=1S/C28H20ClF6N3O5/c29-20-12-18(43-28(33,34)35)5-7-23(20)42-14-24(39)37-8-9-38-22(13-37)25(40)36-21-6-4-16(11-19(21)26(38)41)15-2-1-3-17(10-15)27(30,31)32/h1-7,10-12,22H,8-9,13-14H2,(H,36,40). The number of fused-ring (bicyclic) bond motifs is 2. The molecule has 2 aliphatic rings. The van der Waals surface area contributed by atoms with Gasteiger partial charge in [0, 0.05) is 19.2 Å². The van der Waals surface area contributed by atoms with Crippen molar-refractivity contribution in [1.29, 1.82) is 0 Å². The lowest BCUT2D eigenvalue weighted by atomic mass is 9.99. The monoisotopic (exact) mass is 627 g/mol. The first-order chi connectivity index (χ1) is 20.2. The number of halogens is 7. The van der Waals surface area contributed by atoms with Gasteiger partial charge < -0.3 is 24.6 Å². The van der Waals surface area contributed by atoms with E-state index in [1.165, 1.54) is 40.1 Å². The highest BCUT2D eigenvalue weighted by molar-refractivity contribution is 6.32. The maximum absolute atomic E-state index is 13.5. The number of amides is 3. The molecule has 0 aliphatic carbocycles. The number of rotatable bonds is 5. The van der Waals surface area contributed by atoms with Gasteiger partial charge in [-0.25, -0.2) is 0 Å².